The molecule has 2 bridgehead atoms. The zero-order chi connectivity index (χ0) is 9.54. The van der Waals surface area contributed by atoms with E-state index in [4.69, 9.17) is 0 Å². The summed E-state index contributed by atoms with van der Waals surface area (Å²) in [6.07, 6.45) is 5.16. The molecule has 0 N–H and O–H groups in total. The fourth-order valence-corrected chi connectivity index (χ4v) is 3.83. The molecule has 0 aliphatic heterocycles. The number of hydrogen-bond acceptors (Lipinski definition) is 2. The highest BCUT2D eigenvalue weighted by molar-refractivity contribution is 7.08. The first-order chi connectivity index (χ1) is 6.84. The average Bonchev–Trinajstić information content (AvgIpc) is 2.93. The van der Waals surface area contributed by atoms with E-state index >= 15 is 0 Å². The largest absolute Gasteiger partial charge is 0.294 e. The van der Waals surface area contributed by atoms with Gasteiger partial charge in [0.1, 0.15) is 0 Å². The molecule has 1 nitrogen and oxygen atoms in total. The van der Waals surface area contributed by atoms with Crippen LogP contribution >= 0.6 is 11.3 Å². The monoisotopic (exact) mass is 206 g/mol. The van der Waals surface area contributed by atoms with Crippen LogP contribution in [0.15, 0.2) is 16.8 Å². The van der Waals surface area contributed by atoms with Gasteiger partial charge in [0, 0.05) is 16.9 Å². The number of ketones is 1. The molecule has 3 rings (SSSR count). The lowest BCUT2D eigenvalue weighted by Crippen LogP contribution is -2.20. The van der Waals surface area contributed by atoms with Crippen molar-refractivity contribution in [2.45, 2.75) is 25.7 Å². The van der Waals surface area contributed by atoms with E-state index in [2.05, 4.69) is 0 Å². The lowest BCUT2D eigenvalue weighted by Gasteiger charge is -2.19. The van der Waals surface area contributed by atoms with Gasteiger partial charge >= 0.3 is 0 Å². The Hall–Kier alpha value is -0.630. The molecular formula is C12H14OS. The Balaban J connectivity index is 1.81. The molecule has 1 heterocycles. The van der Waals surface area contributed by atoms with Crippen LogP contribution in [-0.2, 0) is 0 Å². The van der Waals surface area contributed by atoms with Crippen LogP contribution in [0.1, 0.15) is 36.0 Å². The predicted octanol–water partition coefficient (Wildman–Crippen LogP) is 3.37. The summed E-state index contributed by atoms with van der Waals surface area (Å²) in [4.78, 5) is 12.1. The number of carbonyl (C=O) groups is 1. The van der Waals surface area contributed by atoms with Gasteiger partial charge in [-0.3, -0.25) is 4.79 Å². The molecule has 1 aromatic heterocycles. The molecule has 1 aromatic rings. The first-order valence-electron chi connectivity index (χ1n) is 5.41. The van der Waals surface area contributed by atoms with Gasteiger partial charge in [0.15, 0.2) is 5.78 Å². The van der Waals surface area contributed by atoms with Gasteiger partial charge in [-0.05, 0) is 42.5 Å². The second-order valence-corrected chi connectivity index (χ2v) is 5.44. The summed E-state index contributed by atoms with van der Waals surface area (Å²) in [6.45, 7) is 0. The highest BCUT2D eigenvalue weighted by atomic mass is 32.1. The average molecular weight is 206 g/mol. The van der Waals surface area contributed by atoms with Crippen molar-refractivity contribution in [3.05, 3.63) is 22.4 Å². The quantitative estimate of drug-likeness (QED) is 0.678. The Kier molecular flexibility index (Phi) is 1.98. The Bertz CT molecular complexity index is 341. The van der Waals surface area contributed by atoms with Crippen molar-refractivity contribution in [1.82, 2.24) is 0 Å². The van der Waals surface area contributed by atoms with Crippen LogP contribution in [0.3, 0.4) is 0 Å². The highest BCUT2D eigenvalue weighted by Crippen LogP contribution is 2.49. The molecule has 3 atom stereocenters. The van der Waals surface area contributed by atoms with E-state index in [1.165, 1.54) is 25.7 Å². The number of thiophene rings is 1. The molecule has 2 aliphatic rings. The van der Waals surface area contributed by atoms with Crippen molar-refractivity contribution in [3.63, 3.8) is 0 Å². The van der Waals surface area contributed by atoms with E-state index in [1.807, 2.05) is 16.8 Å². The number of hydrogen-bond donors (Lipinski definition) is 0. The number of fused-ring (bicyclic) bond motifs is 2. The number of Topliss-reactive ketones (excluding diaryl/α,β-unsaturated/α-hetero) is 1. The fraction of sp³-hybridized carbons (Fsp3) is 0.583. The third-order valence-electron chi connectivity index (χ3n) is 3.88. The Labute approximate surface area is 88.1 Å². The van der Waals surface area contributed by atoms with Gasteiger partial charge in [-0.15, -0.1) is 0 Å². The Morgan fingerprint density at radius 2 is 2.29 bits per heavy atom. The Morgan fingerprint density at radius 1 is 1.36 bits per heavy atom. The lowest BCUT2D eigenvalue weighted by molar-refractivity contribution is 0.0875. The maximum Gasteiger partial charge on any atom is 0.167 e. The molecule has 2 heteroatoms. The normalized spacial score (nSPS) is 35.0. The van der Waals surface area contributed by atoms with Crippen LogP contribution in [0.25, 0.3) is 0 Å². The molecule has 0 radical (unpaired) electrons. The maximum absolute atomic E-state index is 12.1. The molecule has 2 aliphatic carbocycles. The van der Waals surface area contributed by atoms with Gasteiger partial charge in [0.25, 0.3) is 0 Å². The van der Waals surface area contributed by atoms with Gasteiger partial charge < -0.3 is 0 Å². The van der Waals surface area contributed by atoms with Crippen molar-refractivity contribution < 1.29 is 4.79 Å². The molecule has 2 fully saturated rings. The SMILES string of the molecule is O=C(c1ccsc1)C1CC2CCC1C2. The maximum atomic E-state index is 12.1. The van der Waals surface area contributed by atoms with E-state index < -0.39 is 0 Å². The molecule has 0 amide bonds. The zero-order valence-corrected chi connectivity index (χ0v) is 8.93. The van der Waals surface area contributed by atoms with Crippen LogP contribution in [-0.4, -0.2) is 5.78 Å². The third kappa shape index (κ3) is 1.24. The van der Waals surface area contributed by atoms with Crippen molar-refractivity contribution >= 4 is 17.1 Å². The van der Waals surface area contributed by atoms with Crippen LogP contribution < -0.4 is 0 Å². The topological polar surface area (TPSA) is 17.1 Å². The summed E-state index contributed by atoms with van der Waals surface area (Å²) >= 11 is 1.63. The van der Waals surface area contributed by atoms with Gasteiger partial charge in [-0.25, -0.2) is 0 Å². The summed E-state index contributed by atoms with van der Waals surface area (Å²) in [5.41, 5.74) is 0.951. The standard InChI is InChI=1S/C12H14OS/c13-12(10-3-4-14-7-10)11-6-8-1-2-9(11)5-8/h3-4,7-9,11H,1-2,5-6H2. The summed E-state index contributed by atoms with van der Waals surface area (Å²) < 4.78 is 0. The smallest absolute Gasteiger partial charge is 0.167 e. The lowest BCUT2D eigenvalue weighted by atomic mass is 9.84. The highest BCUT2D eigenvalue weighted by Gasteiger charge is 2.43. The van der Waals surface area contributed by atoms with Crippen LogP contribution in [0.5, 0.6) is 0 Å². The van der Waals surface area contributed by atoms with Crippen molar-refractivity contribution in [1.29, 1.82) is 0 Å². The van der Waals surface area contributed by atoms with Crippen molar-refractivity contribution in [2.75, 3.05) is 0 Å². The van der Waals surface area contributed by atoms with Gasteiger partial charge in [-0.1, -0.05) is 6.42 Å². The first-order valence-corrected chi connectivity index (χ1v) is 6.35. The van der Waals surface area contributed by atoms with Crippen LogP contribution in [0.4, 0.5) is 0 Å². The van der Waals surface area contributed by atoms with E-state index in [-0.39, 0.29) is 0 Å². The first kappa shape index (κ1) is 8.66. The zero-order valence-electron chi connectivity index (χ0n) is 8.11. The minimum absolute atomic E-state index is 0.364. The molecular weight excluding hydrogens is 192 g/mol. The van der Waals surface area contributed by atoms with E-state index in [0.717, 1.165) is 11.5 Å². The van der Waals surface area contributed by atoms with Gasteiger partial charge in [-0.2, -0.15) is 11.3 Å². The number of rotatable bonds is 2. The van der Waals surface area contributed by atoms with Crippen LogP contribution in [0.2, 0.25) is 0 Å². The van der Waals surface area contributed by atoms with Crippen molar-refractivity contribution in [3.8, 4) is 0 Å². The molecule has 0 saturated heterocycles. The van der Waals surface area contributed by atoms with Gasteiger partial charge in [0.2, 0.25) is 0 Å². The van der Waals surface area contributed by atoms with Crippen molar-refractivity contribution in [2.24, 2.45) is 17.8 Å². The second kappa shape index (κ2) is 3.20. The summed E-state index contributed by atoms with van der Waals surface area (Å²) in [6, 6.07) is 1.97. The summed E-state index contributed by atoms with van der Waals surface area (Å²) in [7, 11) is 0. The fourth-order valence-electron chi connectivity index (χ4n) is 3.18. The molecule has 14 heavy (non-hydrogen) atoms. The van der Waals surface area contributed by atoms with E-state index in [1.54, 1.807) is 11.3 Å². The molecule has 0 aromatic carbocycles. The molecule has 3 unspecified atom stereocenters. The molecule has 0 spiro atoms. The molecule has 74 valence electrons. The third-order valence-corrected chi connectivity index (χ3v) is 4.56. The van der Waals surface area contributed by atoms with Crippen LogP contribution in [0, 0.1) is 17.8 Å². The summed E-state index contributed by atoms with van der Waals surface area (Å²) in [5.74, 6) is 2.36. The van der Waals surface area contributed by atoms with E-state index in [0.29, 0.717) is 17.6 Å². The van der Waals surface area contributed by atoms with Gasteiger partial charge in [0.05, 0.1) is 0 Å². The minimum Gasteiger partial charge on any atom is -0.294 e. The Morgan fingerprint density at radius 3 is 2.86 bits per heavy atom. The predicted molar refractivity (Wildman–Crippen MR) is 57.6 cm³/mol. The minimum atomic E-state index is 0.364. The van der Waals surface area contributed by atoms with E-state index in [9.17, 15) is 4.79 Å². The second-order valence-electron chi connectivity index (χ2n) is 4.66. The molecule has 2 saturated carbocycles. The number of carbonyl (C=O) groups excluding carboxylic acids is 1. The summed E-state index contributed by atoms with van der Waals surface area (Å²) in [5, 5.41) is 3.99.